The fraction of sp³-hybridized carbons (Fsp3) is 0.737. The van der Waals surface area contributed by atoms with Gasteiger partial charge in [0.25, 0.3) is 0 Å². The summed E-state index contributed by atoms with van der Waals surface area (Å²) >= 11 is 0. The quantitative estimate of drug-likeness (QED) is 0.618. The zero-order valence-corrected chi connectivity index (χ0v) is 14.3. The van der Waals surface area contributed by atoms with Gasteiger partial charge in [-0.05, 0) is 62.5 Å². The lowest BCUT2D eigenvalue weighted by Crippen LogP contribution is -2.38. The smallest absolute Gasteiger partial charge is 0.309 e. The minimum absolute atomic E-state index is 0.352. The van der Waals surface area contributed by atoms with Crippen LogP contribution < -0.4 is 0 Å². The summed E-state index contributed by atoms with van der Waals surface area (Å²) in [5, 5.41) is 9.40. The standard InChI is InChI=1S/C19H28F2O3/c1-2-3-12-24-16-6-4-14(5-7-16)15-8-10-19(11-9-15,18(22)23)13-17(20)21/h4,6-7,14-15,17H,2-3,5,8-13H2,1H3,(H,22,23)/t14?,15-,19-. The molecule has 1 N–H and O–H groups in total. The molecule has 0 saturated heterocycles. The van der Waals surface area contributed by atoms with Crippen LogP contribution in [0.4, 0.5) is 8.78 Å². The highest BCUT2D eigenvalue weighted by atomic mass is 19.3. The van der Waals surface area contributed by atoms with Crippen LogP contribution in [-0.2, 0) is 9.53 Å². The highest BCUT2D eigenvalue weighted by molar-refractivity contribution is 5.74. The molecule has 1 atom stereocenters. The Hall–Kier alpha value is -1.39. The third-order valence-electron chi connectivity index (χ3n) is 5.46. The van der Waals surface area contributed by atoms with E-state index in [9.17, 15) is 18.7 Å². The van der Waals surface area contributed by atoms with E-state index >= 15 is 0 Å². The van der Waals surface area contributed by atoms with E-state index in [4.69, 9.17) is 4.74 Å². The number of unbranched alkanes of at least 4 members (excludes halogenated alkanes) is 1. The molecule has 1 saturated carbocycles. The molecular formula is C19H28F2O3. The molecule has 0 radical (unpaired) electrons. The van der Waals surface area contributed by atoms with Crippen LogP contribution in [0.2, 0.25) is 0 Å². The summed E-state index contributed by atoms with van der Waals surface area (Å²) in [6.45, 7) is 2.86. The maximum atomic E-state index is 12.8. The Bertz CT molecular complexity index is 477. The Morgan fingerprint density at radius 2 is 2.12 bits per heavy atom. The van der Waals surface area contributed by atoms with Crippen molar-refractivity contribution in [2.24, 2.45) is 17.3 Å². The van der Waals surface area contributed by atoms with Gasteiger partial charge in [-0.25, -0.2) is 8.78 Å². The average molecular weight is 342 g/mol. The van der Waals surface area contributed by atoms with Gasteiger partial charge >= 0.3 is 5.97 Å². The van der Waals surface area contributed by atoms with Gasteiger partial charge in [0.1, 0.15) is 5.76 Å². The summed E-state index contributed by atoms with van der Waals surface area (Å²) in [6, 6.07) is 0. The molecule has 0 aromatic rings. The Morgan fingerprint density at radius 1 is 1.42 bits per heavy atom. The first kappa shape index (κ1) is 18.9. The number of allylic oxidation sites excluding steroid dienone is 3. The topological polar surface area (TPSA) is 46.5 Å². The molecule has 2 aliphatic carbocycles. The van der Waals surface area contributed by atoms with Crippen LogP contribution >= 0.6 is 0 Å². The SMILES string of the molecule is CCCCOC1=CCC([C@H]2CC[C@](CC(F)F)(C(=O)O)CC2)C=C1. The monoisotopic (exact) mass is 342 g/mol. The molecule has 0 heterocycles. The number of aliphatic carboxylic acids is 1. The molecule has 24 heavy (non-hydrogen) atoms. The molecule has 3 nitrogen and oxygen atoms in total. The van der Waals surface area contributed by atoms with E-state index in [1.165, 1.54) is 0 Å². The summed E-state index contributed by atoms with van der Waals surface area (Å²) in [7, 11) is 0. The maximum absolute atomic E-state index is 12.8. The lowest BCUT2D eigenvalue weighted by atomic mass is 9.65. The molecule has 0 aliphatic heterocycles. The maximum Gasteiger partial charge on any atom is 0.309 e. The number of halogens is 2. The van der Waals surface area contributed by atoms with Gasteiger partial charge in [-0.2, -0.15) is 0 Å². The third kappa shape index (κ3) is 4.81. The van der Waals surface area contributed by atoms with Crippen molar-refractivity contribution in [1.29, 1.82) is 0 Å². The molecule has 0 amide bonds. The number of rotatable bonds is 8. The van der Waals surface area contributed by atoms with Crippen molar-refractivity contribution in [3.8, 4) is 0 Å². The average Bonchev–Trinajstić information content (AvgIpc) is 2.56. The first-order valence-electron chi connectivity index (χ1n) is 8.99. The van der Waals surface area contributed by atoms with E-state index in [0.29, 0.717) is 37.5 Å². The van der Waals surface area contributed by atoms with E-state index in [1.807, 2.05) is 6.08 Å². The van der Waals surface area contributed by atoms with Crippen molar-refractivity contribution in [3.05, 3.63) is 24.0 Å². The van der Waals surface area contributed by atoms with Crippen molar-refractivity contribution in [2.45, 2.75) is 64.7 Å². The third-order valence-corrected chi connectivity index (χ3v) is 5.46. The summed E-state index contributed by atoms with van der Waals surface area (Å²) in [4.78, 5) is 11.5. The van der Waals surface area contributed by atoms with E-state index < -0.39 is 24.2 Å². The highest BCUT2D eigenvalue weighted by Crippen LogP contribution is 2.46. The van der Waals surface area contributed by atoms with Crippen LogP contribution in [0.1, 0.15) is 58.3 Å². The molecular weight excluding hydrogens is 314 g/mol. The number of ether oxygens (including phenoxy) is 1. The van der Waals surface area contributed by atoms with Gasteiger partial charge in [-0.3, -0.25) is 4.79 Å². The number of hydrogen-bond donors (Lipinski definition) is 1. The molecule has 2 rings (SSSR count). The predicted molar refractivity (Wildman–Crippen MR) is 88.8 cm³/mol. The van der Waals surface area contributed by atoms with Crippen LogP contribution in [0.15, 0.2) is 24.0 Å². The van der Waals surface area contributed by atoms with Gasteiger partial charge in [0.05, 0.1) is 12.0 Å². The fourth-order valence-electron chi connectivity index (χ4n) is 3.83. The second-order valence-corrected chi connectivity index (χ2v) is 7.09. The normalized spacial score (nSPS) is 30.2. The zero-order chi connectivity index (χ0) is 17.6. The van der Waals surface area contributed by atoms with Crippen molar-refractivity contribution in [2.75, 3.05) is 6.61 Å². The number of carboxylic acid groups (broad SMARTS) is 1. The number of carbonyl (C=O) groups is 1. The second kappa shape index (κ2) is 8.63. The van der Waals surface area contributed by atoms with E-state index in [-0.39, 0.29) is 0 Å². The summed E-state index contributed by atoms with van der Waals surface area (Å²) < 4.78 is 31.2. The lowest BCUT2D eigenvalue weighted by molar-refractivity contribution is -0.155. The van der Waals surface area contributed by atoms with Crippen LogP contribution in [-0.4, -0.2) is 24.1 Å². The summed E-state index contributed by atoms with van der Waals surface area (Å²) in [5.74, 6) is 0.585. The molecule has 0 aromatic carbocycles. The van der Waals surface area contributed by atoms with Crippen LogP contribution in [0.25, 0.3) is 0 Å². The highest BCUT2D eigenvalue weighted by Gasteiger charge is 2.44. The first-order valence-corrected chi connectivity index (χ1v) is 8.99. The summed E-state index contributed by atoms with van der Waals surface area (Å²) in [6.07, 6.45) is 8.30. The number of carboxylic acids is 1. The fourth-order valence-corrected chi connectivity index (χ4v) is 3.83. The molecule has 1 unspecified atom stereocenters. The van der Waals surface area contributed by atoms with Crippen molar-refractivity contribution >= 4 is 5.97 Å². The Morgan fingerprint density at radius 3 is 2.62 bits per heavy atom. The predicted octanol–water partition coefficient (Wildman–Crippen LogP) is 5.18. The Labute approximate surface area is 142 Å². The number of alkyl halides is 2. The van der Waals surface area contributed by atoms with Gasteiger partial charge in [0.2, 0.25) is 6.43 Å². The first-order chi connectivity index (χ1) is 11.5. The largest absolute Gasteiger partial charge is 0.494 e. The molecule has 5 heteroatoms. The molecule has 0 bridgehead atoms. The van der Waals surface area contributed by atoms with Crippen molar-refractivity contribution < 1.29 is 23.4 Å². The van der Waals surface area contributed by atoms with Gasteiger partial charge in [-0.1, -0.05) is 19.4 Å². The molecule has 2 aliphatic rings. The van der Waals surface area contributed by atoms with Crippen molar-refractivity contribution in [3.63, 3.8) is 0 Å². The molecule has 0 spiro atoms. The second-order valence-electron chi connectivity index (χ2n) is 7.09. The molecule has 1 fully saturated rings. The minimum Gasteiger partial charge on any atom is -0.494 e. The molecule has 136 valence electrons. The Kier molecular flexibility index (Phi) is 6.81. The van der Waals surface area contributed by atoms with Gasteiger partial charge < -0.3 is 9.84 Å². The van der Waals surface area contributed by atoms with Crippen LogP contribution in [0, 0.1) is 17.3 Å². The van der Waals surface area contributed by atoms with E-state index in [0.717, 1.165) is 31.6 Å². The summed E-state index contributed by atoms with van der Waals surface area (Å²) in [5.41, 5.74) is -1.23. The van der Waals surface area contributed by atoms with E-state index in [1.54, 1.807) is 0 Å². The zero-order valence-electron chi connectivity index (χ0n) is 14.3. The van der Waals surface area contributed by atoms with Crippen LogP contribution in [0.5, 0.6) is 0 Å². The van der Waals surface area contributed by atoms with Gasteiger partial charge in [0.15, 0.2) is 0 Å². The van der Waals surface area contributed by atoms with Crippen molar-refractivity contribution in [1.82, 2.24) is 0 Å². The van der Waals surface area contributed by atoms with Gasteiger partial charge in [0, 0.05) is 6.42 Å². The van der Waals surface area contributed by atoms with Gasteiger partial charge in [-0.15, -0.1) is 0 Å². The molecule has 0 aromatic heterocycles. The van der Waals surface area contributed by atoms with E-state index in [2.05, 4.69) is 19.1 Å². The number of hydrogen-bond acceptors (Lipinski definition) is 2. The van der Waals surface area contributed by atoms with Crippen LogP contribution in [0.3, 0.4) is 0 Å². The minimum atomic E-state index is -2.56. The Balaban J connectivity index is 1.85. The lowest BCUT2D eigenvalue weighted by Gasteiger charge is -2.39.